The van der Waals surface area contributed by atoms with Gasteiger partial charge >= 0.3 is 0 Å². The predicted molar refractivity (Wildman–Crippen MR) is 71.5 cm³/mol. The molecule has 4 N–H and O–H groups in total. The normalized spacial score (nSPS) is 35.5. The zero-order chi connectivity index (χ0) is 14.1. The highest BCUT2D eigenvalue weighted by Gasteiger charge is 2.69. The second-order valence-electron chi connectivity index (χ2n) is 5.71. The van der Waals surface area contributed by atoms with Crippen LogP contribution < -0.4 is 5.73 Å². The largest absolute Gasteiger partial charge is 0.396 e. The third kappa shape index (κ3) is 1.19. The van der Waals surface area contributed by atoms with Gasteiger partial charge in [-0.25, -0.2) is 15.0 Å². The van der Waals surface area contributed by atoms with E-state index in [1.54, 1.807) is 6.33 Å². The minimum atomic E-state index is -0.681. The number of aliphatic hydroxyl groups is 2. The lowest BCUT2D eigenvalue weighted by molar-refractivity contribution is 0.0831. The van der Waals surface area contributed by atoms with Gasteiger partial charge in [0.1, 0.15) is 11.8 Å². The monoisotopic (exact) mass is 273 g/mol. The first-order chi connectivity index (χ1) is 9.60. The summed E-state index contributed by atoms with van der Waals surface area (Å²) in [7, 11) is 0. The average molecular weight is 273 g/mol. The Balaban J connectivity index is 1.85. The summed E-state index contributed by atoms with van der Waals surface area (Å²) in [5, 5.41) is 19.9. The first-order valence-electron chi connectivity index (χ1n) is 6.51. The number of anilines is 1. The molecule has 2 aromatic heterocycles. The second-order valence-corrected chi connectivity index (χ2v) is 5.71. The number of nitrogen functional groups attached to an aromatic ring is 1. The summed E-state index contributed by atoms with van der Waals surface area (Å²) < 4.78 is 1.88. The SMILES string of the molecule is C=C1[C@@H](O)[C@]2(CO)C[C@@H]2[C@H]1n1cnc2c(N)ncnc21. The standard InChI is InChI=1S/C13H15N5O2/c1-6-9(7-2-13(7,3-19)10(6)20)18-5-17-8-11(14)15-4-16-12(8)18/h4-5,7,9-10,19-20H,1-3H2,(H2,14,15,16)/t7-,9+,10-,13+/m1/s1. The molecule has 4 rings (SSSR count). The summed E-state index contributed by atoms with van der Waals surface area (Å²) in [6.45, 7) is 3.96. The molecule has 0 aliphatic heterocycles. The van der Waals surface area contributed by atoms with Crippen molar-refractivity contribution < 1.29 is 10.2 Å². The summed E-state index contributed by atoms with van der Waals surface area (Å²) in [5.74, 6) is 0.505. The van der Waals surface area contributed by atoms with Crippen LogP contribution in [0.3, 0.4) is 0 Å². The fourth-order valence-electron chi connectivity index (χ4n) is 3.59. The maximum absolute atomic E-state index is 10.3. The molecule has 7 nitrogen and oxygen atoms in total. The number of nitrogens with two attached hydrogens (primary N) is 1. The molecule has 0 aromatic carbocycles. The van der Waals surface area contributed by atoms with E-state index < -0.39 is 11.5 Å². The Bertz CT molecular complexity index is 727. The van der Waals surface area contributed by atoms with Crippen LogP contribution >= 0.6 is 0 Å². The molecule has 0 bridgehead atoms. The molecule has 0 amide bonds. The topological polar surface area (TPSA) is 110 Å². The van der Waals surface area contributed by atoms with Crippen LogP contribution in [0.2, 0.25) is 0 Å². The maximum atomic E-state index is 10.3. The van der Waals surface area contributed by atoms with E-state index in [4.69, 9.17) is 5.73 Å². The van der Waals surface area contributed by atoms with Crippen molar-refractivity contribution in [1.82, 2.24) is 19.5 Å². The van der Waals surface area contributed by atoms with Crippen molar-refractivity contribution in [2.24, 2.45) is 11.3 Å². The molecular formula is C13H15N5O2. The predicted octanol–water partition coefficient (Wildman–Crippen LogP) is -0.121. The van der Waals surface area contributed by atoms with Crippen LogP contribution in [0.25, 0.3) is 11.2 Å². The van der Waals surface area contributed by atoms with E-state index >= 15 is 0 Å². The lowest BCUT2D eigenvalue weighted by Gasteiger charge is -2.19. The van der Waals surface area contributed by atoms with E-state index in [9.17, 15) is 10.2 Å². The Labute approximate surface area is 114 Å². The van der Waals surface area contributed by atoms with Gasteiger partial charge in [-0.3, -0.25) is 0 Å². The molecule has 2 heterocycles. The number of aliphatic hydroxyl groups excluding tert-OH is 2. The van der Waals surface area contributed by atoms with Gasteiger partial charge in [0.25, 0.3) is 0 Å². The Morgan fingerprint density at radius 2 is 2.25 bits per heavy atom. The fourth-order valence-corrected chi connectivity index (χ4v) is 3.59. The molecule has 7 heteroatoms. The highest BCUT2D eigenvalue weighted by Crippen LogP contribution is 2.68. The van der Waals surface area contributed by atoms with Gasteiger partial charge in [-0.15, -0.1) is 0 Å². The summed E-state index contributed by atoms with van der Waals surface area (Å²) in [6.07, 6.45) is 3.16. The average Bonchev–Trinajstić information content (AvgIpc) is 2.95. The van der Waals surface area contributed by atoms with Crippen molar-refractivity contribution in [1.29, 1.82) is 0 Å². The lowest BCUT2D eigenvalue weighted by atomic mass is 9.99. The Morgan fingerprint density at radius 3 is 2.95 bits per heavy atom. The van der Waals surface area contributed by atoms with E-state index in [0.717, 1.165) is 6.42 Å². The molecule has 0 radical (unpaired) electrons. The van der Waals surface area contributed by atoms with Gasteiger partial charge < -0.3 is 20.5 Å². The quantitative estimate of drug-likeness (QED) is 0.658. The molecule has 4 atom stereocenters. The Hall–Kier alpha value is -1.99. The zero-order valence-electron chi connectivity index (χ0n) is 10.8. The van der Waals surface area contributed by atoms with Crippen molar-refractivity contribution >= 4 is 17.0 Å². The molecule has 104 valence electrons. The molecule has 2 saturated carbocycles. The van der Waals surface area contributed by atoms with E-state index in [1.807, 2.05) is 4.57 Å². The summed E-state index contributed by atoms with van der Waals surface area (Å²) in [6, 6.07) is -0.101. The van der Waals surface area contributed by atoms with Gasteiger partial charge in [0.05, 0.1) is 25.1 Å². The molecule has 20 heavy (non-hydrogen) atoms. The van der Waals surface area contributed by atoms with Gasteiger partial charge in [0.2, 0.25) is 0 Å². The highest BCUT2D eigenvalue weighted by atomic mass is 16.3. The minimum Gasteiger partial charge on any atom is -0.396 e. The number of rotatable bonds is 2. The van der Waals surface area contributed by atoms with Crippen LogP contribution in [0.4, 0.5) is 5.82 Å². The van der Waals surface area contributed by atoms with E-state index in [-0.39, 0.29) is 18.6 Å². The van der Waals surface area contributed by atoms with Crippen molar-refractivity contribution in [3.05, 3.63) is 24.8 Å². The van der Waals surface area contributed by atoms with Crippen molar-refractivity contribution in [2.45, 2.75) is 18.6 Å². The van der Waals surface area contributed by atoms with Crippen molar-refractivity contribution in [3.8, 4) is 0 Å². The molecule has 2 aliphatic rings. The third-order valence-corrected chi connectivity index (χ3v) is 4.82. The van der Waals surface area contributed by atoms with Crippen molar-refractivity contribution in [2.75, 3.05) is 12.3 Å². The molecule has 0 saturated heterocycles. The van der Waals surface area contributed by atoms with Crippen LogP contribution in [0.15, 0.2) is 24.8 Å². The number of nitrogens with zero attached hydrogens (tertiary/aromatic N) is 4. The van der Waals surface area contributed by atoms with Gasteiger partial charge in [0, 0.05) is 5.41 Å². The summed E-state index contributed by atoms with van der Waals surface area (Å²) in [5.41, 5.74) is 7.24. The number of hydrogen-bond donors (Lipinski definition) is 3. The number of aromatic nitrogens is 4. The Kier molecular flexibility index (Phi) is 2.10. The Morgan fingerprint density at radius 1 is 1.45 bits per heavy atom. The lowest BCUT2D eigenvalue weighted by Crippen LogP contribution is -2.24. The molecule has 0 unspecified atom stereocenters. The first kappa shape index (κ1) is 11.8. The van der Waals surface area contributed by atoms with Crippen LogP contribution in [-0.2, 0) is 0 Å². The summed E-state index contributed by atoms with van der Waals surface area (Å²) in [4.78, 5) is 12.4. The number of hydrogen-bond acceptors (Lipinski definition) is 6. The molecule has 0 spiro atoms. The molecule has 2 fully saturated rings. The van der Waals surface area contributed by atoms with E-state index in [0.29, 0.717) is 22.6 Å². The van der Waals surface area contributed by atoms with Gasteiger partial charge in [-0.2, -0.15) is 0 Å². The van der Waals surface area contributed by atoms with Crippen LogP contribution in [0.1, 0.15) is 12.5 Å². The van der Waals surface area contributed by atoms with Crippen LogP contribution in [0.5, 0.6) is 0 Å². The fraction of sp³-hybridized carbons (Fsp3) is 0.462. The zero-order valence-corrected chi connectivity index (χ0v) is 10.8. The minimum absolute atomic E-state index is 0.0297. The second kappa shape index (κ2) is 3.56. The van der Waals surface area contributed by atoms with Crippen molar-refractivity contribution in [3.63, 3.8) is 0 Å². The van der Waals surface area contributed by atoms with Gasteiger partial charge in [-0.05, 0) is 17.9 Å². The molecule has 2 aromatic rings. The van der Waals surface area contributed by atoms with Gasteiger partial charge in [-0.1, -0.05) is 6.58 Å². The maximum Gasteiger partial charge on any atom is 0.165 e. The van der Waals surface area contributed by atoms with E-state index in [1.165, 1.54) is 6.33 Å². The number of imidazole rings is 1. The number of fused-ring (bicyclic) bond motifs is 2. The van der Waals surface area contributed by atoms with E-state index in [2.05, 4.69) is 21.5 Å². The smallest absolute Gasteiger partial charge is 0.165 e. The van der Waals surface area contributed by atoms with Crippen LogP contribution in [-0.4, -0.2) is 42.4 Å². The summed E-state index contributed by atoms with van der Waals surface area (Å²) >= 11 is 0. The molecular weight excluding hydrogens is 258 g/mol. The molecule has 2 aliphatic carbocycles. The third-order valence-electron chi connectivity index (χ3n) is 4.82. The van der Waals surface area contributed by atoms with Gasteiger partial charge in [0.15, 0.2) is 11.5 Å². The highest BCUT2D eigenvalue weighted by molar-refractivity contribution is 5.81. The first-order valence-corrected chi connectivity index (χ1v) is 6.51. The van der Waals surface area contributed by atoms with Crippen LogP contribution in [0, 0.1) is 11.3 Å².